The molecule has 1 N–H and O–H groups in total. The molecule has 2 heterocycles. The van der Waals surface area contributed by atoms with Gasteiger partial charge in [-0.25, -0.2) is 0 Å². The molecule has 0 aromatic carbocycles. The molecule has 0 bridgehead atoms. The molecule has 1 fully saturated rings. The number of carbonyl (C=O) groups is 2. The highest BCUT2D eigenvalue weighted by Crippen LogP contribution is 2.26. The largest absolute Gasteiger partial charge is 0.388 e. The zero-order valence-electron chi connectivity index (χ0n) is 14.6. The smallest absolute Gasteiger partial charge is 0.246 e. The molecule has 0 radical (unpaired) electrons. The second kappa shape index (κ2) is 7.61. The van der Waals surface area contributed by atoms with Crippen molar-refractivity contribution in [3.8, 4) is 0 Å². The molecule has 1 saturated heterocycles. The summed E-state index contributed by atoms with van der Waals surface area (Å²) in [7, 11) is 5.21. The van der Waals surface area contributed by atoms with Gasteiger partial charge >= 0.3 is 0 Å². The van der Waals surface area contributed by atoms with Crippen LogP contribution in [0.25, 0.3) is 6.08 Å². The monoisotopic (exact) mass is 334 g/mol. The Kier molecular flexibility index (Phi) is 5.77. The number of carbonyl (C=O) groups excluding carboxylic acids is 2. The topological polar surface area (TPSA) is 78.7 Å². The number of aliphatic hydroxyl groups is 1. The number of aryl methyl sites for hydroxylation is 1. The van der Waals surface area contributed by atoms with Crippen molar-refractivity contribution < 1.29 is 14.7 Å². The van der Waals surface area contributed by atoms with Gasteiger partial charge in [0.25, 0.3) is 0 Å². The van der Waals surface area contributed by atoms with E-state index in [-0.39, 0.29) is 24.8 Å². The lowest BCUT2D eigenvalue weighted by atomic mass is 9.88. The van der Waals surface area contributed by atoms with E-state index in [1.54, 1.807) is 35.9 Å². The van der Waals surface area contributed by atoms with Gasteiger partial charge in [-0.2, -0.15) is 5.10 Å². The standard InChI is InChI=1S/C17H26N4O3/c1-19(2)15(22)7-10-17(24)9-4-12-21(13-17)16(23)6-5-14-8-11-18-20(14)3/h5-6,8,11,24H,4,7,9-10,12-13H2,1-3H3/b6-5+/t17-/m0/s1. The molecule has 132 valence electrons. The summed E-state index contributed by atoms with van der Waals surface area (Å²) in [5.41, 5.74) is -0.146. The quantitative estimate of drug-likeness (QED) is 0.802. The second-order valence-corrected chi connectivity index (χ2v) is 6.59. The highest BCUT2D eigenvalue weighted by atomic mass is 16.3. The van der Waals surface area contributed by atoms with Crippen molar-refractivity contribution in [1.82, 2.24) is 19.6 Å². The van der Waals surface area contributed by atoms with E-state index in [0.29, 0.717) is 19.4 Å². The van der Waals surface area contributed by atoms with Gasteiger partial charge in [0.1, 0.15) is 0 Å². The van der Waals surface area contributed by atoms with Crippen molar-refractivity contribution >= 4 is 17.9 Å². The molecule has 7 heteroatoms. The van der Waals surface area contributed by atoms with Gasteiger partial charge in [-0.1, -0.05) is 0 Å². The SMILES string of the molecule is CN(C)C(=O)CC[C@@]1(O)CCCN(C(=O)/C=C/c2ccnn2C)C1. The van der Waals surface area contributed by atoms with Crippen LogP contribution in [0.3, 0.4) is 0 Å². The minimum Gasteiger partial charge on any atom is -0.388 e. The van der Waals surface area contributed by atoms with Crippen molar-refractivity contribution in [3.05, 3.63) is 24.0 Å². The van der Waals surface area contributed by atoms with Crippen LogP contribution < -0.4 is 0 Å². The minimum atomic E-state index is -0.986. The molecule has 2 rings (SSSR count). The Morgan fingerprint density at radius 3 is 2.83 bits per heavy atom. The van der Waals surface area contributed by atoms with Gasteiger partial charge < -0.3 is 14.9 Å². The zero-order chi connectivity index (χ0) is 17.7. The number of β-amino-alcohol motifs (C(OH)–C–C–N with tert-alkyl or cyclic N) is 1. The number of likely N-dealkylation sites (tertiary alicyclic amines) is 1. The maximum Gasteiger partial charge on any atom is 0.246 e. The highest BCUT2D eigenvalue weighted by Gasteiger charge is 2.35. The van der Waals surface area contributed by atoms with Crippen LogP contribution in [0.4, 0.5) is 0 Å². The summed E-state index contributed by atoms with van der Waals surface area (Å²) in [6, 6.07) is 1.82. The van der Waals surface area contributed by atoms with Crippen LogP contribution in [0.15, 0.2) is 18.3 Å². The molecule has 1 aromatic rings. The van der Waals surface area contributed by atoms with Gasteiger partial charge in [0, 0.05) is 52.9 Å². The number of piperidine rings is 1. The van der Waals surface area contributed by atoms with E-state index in [9.17, 15) is 14.7 Å². The van der Waals surface area contributed by atoms with Gasteiger partial charge in [-0.15, -0.1) is 0 Å². The predicted molar refractivity (Wildman–Crippen MR) is 90.9 cm³/mol. The minimum absolute atomic E-state index is 0.0111. The van der Waals surface area contributed by atoms with Crippen LogP contribution in [-0.2, 0) is 16.6 Å². The number of nitrogens with zero attached hydrogens (tertiary/aromatic N) is 4. The summed E-state index contributed by atoms with van der Waals surface area (Å²) < 4.78 is 1.68. The Hall–Kier alpha value is -2.15. The fourth-order valence-corrected chi connectivity index (χ4v) is 2.88. The van der Waals surface area contributed by atoms with Gasteiger partial charge in [0.2, 0.25) is 11.8 Å². The van der Waals surface area contributed by atoms with E-state index in [1.807, 2.05) is 13.1 Å². The number of amides is 2. The molecule has 0 spiro atoms. The fraction of sp³-hybridized carbons (Fsp3) is 0.588. The number of rotatable bonds is 5. The third-order valence-corrected chi connectivity index (χ3v) is 4.43. The third kappa shape index (κ3) is 4.67. The van der Waals surface area contributed by atoms with E-state index in [2.05, 4.69) is 5.10 Å². The molecule has 1 aromatic heterocycles. The van der Waals surface area contributed by atoms with Crippen LogP contribution in [0.2, 0.25) is 0 Å². The Bertz CT molecular complexity index is 623. The first kappa shape index (κ1) is 18.2. The number of hydrogen-bond donors (Lipinski definition) is 1. The molecule has 1 aliphatic rings. The average molecular weight is 334 g/mol. The molecule has 0 aliphatic carbocycles. The van der Waals surface area contributed by atoms with Gasteiger partial charge in [-0.3, -0.25) is 14.3 Å². The number of hydrogen-bond acceptors (Lipinski definition) is 4. The van der Waals surface area contributed by atoms with Gasteiger partial charge in [0.05, 0.1) is 11.3 Å². The Labute approximate surface area is 142 Å². The Balaban J connectivity index is 1.94. The Morgan fingerprint density at radius 1 is 1.46 bits per heavy atom. The van der Waals surface area contributed by atoms with Crippen molar-refractivity contribution in [2.45, 2.75) is 31.3 Å². The normalized spacial score (nSPS) is 21.2. The van der Waals surface area contributed by atoms with Crippen molar-refractivity contribution in [2.24, 2.45) is 7.05 Å². The van der Waals surface area contributed by atoms with Crippen LogP contribution in [0.1, 0.15) is 31.4 Å². The van der Waals surface area contributed by atoms with Crippen LogP contribution in [0, 0.1) is 0 Å². The second-order valence-electron chi connectivity index (χ2n) is 6.59. The average Bonchev–Trinajstić information content (AvgIpc) is 2.95. The first-order valence-corrected chi connectivity index (χ1v) is 8.18. The zero-order valence-corrected chi connectivity index (χ0v) is 14.6. The molecule has 0 unspecified atom stereocenters. The lowest BCUT2D eigenvalue weighted by molar-refractivity contribution is -0.135. The van der Waals surface area contributed by atoms with E-state index in [0.717, 1.165) is 12.1 Å². The maximum absolute atomic E-state index is 12.4. The van der Waals surface area contributed by atoms with Gasteiger partial charge in [-0.05, 0) is 31.4 Å². The summed E-state index contributed by atoms with van der Waals surface area (Å²) in [6.07, 6.45) is 6.91. The van der Waals surface area contributed by atoms with E-state index >= 15 is 0 Å². The summed E-state index contributed by atoms with van der Waals surface area (Å²) in [6.45, 7) is 0.890. The lowest BCUT2D eigenvalue weighted by Gasteiger charge is -2.39. The van der Waals surface area contributed by atoms with Crippen LogP contribution >= 0.6 is 0 Å². The van der Waals surface area contributed by atoms with Crippen molar-refractivity contribution in [3.63, 3.8) is 0 Å². The molecule has 7 nitrogen and oxygen atoms in total. The molecule has 1 atom stereocenters. The maximum atomic E-state index is 12.4. The predicted octanol–water partition coefficient (Wildman–Crippen LogP) is 0.655. The summed E-state index contributed by atoms with van der Waals surface area (Å²) in [4.78, 5) is 27.3. The van der Waals surface area contributed by atoms with E-state index in [4.69, 9.17) is 0 Å². The molecule has 0 saturated carbocycles. The van der Waals surface area contributed by atoms with Crippen molar-refractivity contribution in [1.29, 1.82) is 0 Å². The lowest BCUT2D eigenvalue weighted by Crippen LogP contribution is -2.50. The first-order valence-electron chi connectivity index (χ1n) is 8.18. The Morgan fingerprint density at radius 2 is 2.21 bits per heavy atom. The molecular formula is C17H26N4O3. The fourth-order valence-electron chi connectivity index (χ4n) is 2.88. The molecule has 2 amide bonds. The molecular weight excluding hydrogens is 308 g/mol. The number of aromatic nitrogens is 2. The van der Waals surface area contributed by atoms with E-state index in [1.165, 1.54) is 11.0 Å². The molecule has 24 heavy (non-hydrogen) atoms. The first-order chi connectivity index (χ1) is 11.3. The van der Waals surface area contributed by atoms with E-state index < -0.39 is 5.60 Å². The third-order valence-electron chi connectivity index (χ3n) is 4.43. The van der Waals surface area contributed by atoms with Crippen molar-refractivity contribution in [2.75, 3.05) is 27.2 Å². The van der Waals surface area contributed by atoms with Gasteiger partial charge in [0.15, 0.2) is 0 Å². The van der Waals surface area contributed by atoms with Crippen LogP contribution in [-0.4, -0.2) is 69.3 Å². The summed E-state index contributed by atoms with van der Waals surface area (Å²) in [5.74, 6) is -0.142. The summed E-state index contributed by atoms with van der Waals surface area (Å²) >= 11 is 0. The molecule has 1 aliphatic heterocycles. The van der Waals surface area contributed by atoms with Crippen LogP contribution in [0.5, 0.6) is 0 Å². The summed E-state index contributed by atoms with van der Waals surface area (Å²) in [5, 5.41) is 14.8. The highest BCUT2D eigenvalue weighted by molar-refractivity contribution is 5.91.